The van der Waals surface area contributed by atoms with Gasteiger partial charge in [0.25, 0.3) is 0 Å². The summed E-state index contributed by atoms with van der Waals surface area (Å²) in [6.45, 7) is 4.30. The van der Waals surface area contributed by atoms with Crippen LogP contribution < -0.4 is 4.74 Å². The molecule has 1 aromatic heterocycles. The minimum absolute atomic E-state index is 0.619. The lowest BCUT2D eigenvalue weighted by Gasteiger charge is -2.02. The Morgan fingerprint density at radius 2 is 2.38 bits per heavy atom. The first-order valence-electron chi connectivity index (χ1n) is 4.18. The average molecular weight is 198 g/mol. The van der Waals surface area contributed by atoms with Gasteiger partial charge in [0.1, 0.15) is 0 Å². The third-order valence-corrected chi connectivity index (χ3v) is 1.73. The van der Waals surface area contributed by atoms with Crippen LogP contribution in [0.1, 0.15) is 12.8 Å². The number of pyridine rings is 1. The van der Waals surface area contributed by atoms with Crippen molar-refractivity contribution >= 4 is 11.6 Å². The summed E-state index contributed by atoms with van der Waals surface area (Å²) >= 11 is 5.66. The van der Waals surface area contributed by atoms with Gasteiger partial charge in [-0.25, -0.2) is 4.98 Å². The second-order valence-electron chi connectivity index (χ2n) is 2.59. The zero-order chi connectivity index (χ0) is 9.52. The zero-order valence-corrected chi connectivity index (χ0v) is 8.13. The Morgan fingerprint density at radius 1 is 1.54 bits per heavy atom. The largest absolute Gasteiger partial charge is 0.478 e. The molecular formula is C10H12ClNO. The fourth-order valence-corrected chi connectivity index (χ4v) is 0.964. The Bertz CT molecular complexity index is 258. The molecular weight excluding hydrogens is 186 g/mol. The minimum Gasteiger partial charge on any atom is -0.478 e. The van der Waals surface area contributed by atoms with Crippen molar-refractivity contribution in [3.05, 3.63) is 36.0 Å². The molecule has 13 heavy (non-hydrogen) atoms. The third kappa shape index (κ3) is 3.95. The summed E-state index contributed by atoms with van der Waals surface area (Å²) in [4.78, 5) is 4.00. The molecule has 1 aromatic rings. The normalized spacial score (nSPS) is 9.62. The first-order valence-corrected chi connectivity index (χ1v) is 4.56. The summed E-state index contributed by atoms with van der Waals surface area (Å²) in [7, 11) is 0. The van der Waals surface area contributed by atoms with Crippen LogP contribution in [-0.4, -0.2) is 11.6 Å². The molecule has 0 saturated carbocycles. The van der Waals surface area contributed by atoms with Gasteiger partial charge in [-0.2, -0.15) is 0 Å². The number of unbranched alkanes of at least 4 members (excludes halogenated alkanes) is 1. The smallest absolute Gasteiger partial charge is 0.213 e. The fraction of sp³-hybridized carbons (Fsp3) is 0.300. The maximum absolute atomic E-state index is 5.66. The molecule has 1 rings (SSSR count). The maximum atomic E-state index is 5.66. The van der Waals surface area contributed by atoms with Crippen molar-refractivity contribution in [1.82, 2.24) is 4.98 Å². The van der Waals surface area contributed by atoms with E-state index in [-0.39, 0.29) is 0 Å². The van der Waals surface area contributed by atoms with Gasteiger partial charge in [-0.3, -0.25) is 0 Å². The minimum atomic E-state index is 0.619. The van der Waals surface area contributed by atoms with E-state index in [1.54, 1.807) is 18.3 Å². The Labute approximate surface area is 83.2 Å². The fourth-order valence-electron chi connectivity index (χ4n) is 0.852. The number of halogens is 1. The van der Waals surface area contributed by atoms with Crippen LogP contribution in [0.25, 0.3) is 0 Å². The molecule has 0 atom stereocenters. The van der Waals surface area contributed by atoms with Gasteiger partial charge < -0.3 is 4.74 Å². The standard InChI is InChI=1S/C10H12ClNO/c1-2-3-4-7-13-10-6-5-9(11)8-12-10/h2,5-6,8H,1,3-4,7H2. The molecule has 0 amide bonds. The van der Waals surface area contributed by atoms with Crippen molar-refractivity contribution in [2.75, 3.05) is 6.61 Å². The van der Waals surface area contributed by atoms with Gasteiger partial charge in [-0.15, -0.1) is 6.58 Å². The Balaban J connectivity index is 2.28. The molecule has 0 spiro atoms. The predicted octanol–water partition coefficient (Wildman–Crippen LogP) is 3.08. The van der Waals surface area contributed by atoms with E-state index in [9.17, 15) is 0 Å². The highest BCUT2D eigenvalue weighted by Crippen LogP contribution is 2.11. The highest BCUT2D eigenvalue weighted by atomic mass is 35.5. The molecule has 0 aliphatic carbocycles. The van der Waals surface area contributed by atoms with Gasteiger partial charge in [-0.1, -0.05) is 17.7 Å². The number of allylic oxidation sites excluding steroid dienone is 1. The van der Waals surface area contributed by atoms with Crippen molar-refractivity contribution in [3.8, 4) is 5.88 Å². The Hall–Kier alpha value is -1.02. The lowest BCUT2D eigenvalue weighted by Crippen LogP contribution is -1.97. The van der Waals surface area contributed by atoms with Crippen molar-refractivity contribution < 1.29 is 4.74 Å². The summed E-state index contributed by atoms with van der Waals surface area (Å²) in [5.41, 5.74) is 0. The molecule has 0 aromatic carbocycles. The zero-order valence-electron chi connectivity index (χ0n) is 7.37. The first kappa shape index (κ1) is 10.1. The van der Waals surface area contributed by atoms with E-state index >= 15 is 0 Å². The number of aromatic nitrogens is 1. The molecule has 0 radical (unpaired) electrons. The van der Waals surface area contributed by atoms with Crippen molar-refractivity contribution in [1.29, 1.82) is 0 Å². The molecule has 1 heterocycles. The summed E-state index contributed by atoms with van der Waals surface area (Å²) < 4.78 is 5.35. The number of hydrogen-bond acceptors (Lipinski definition) is 2. The van der Waals surface area contributed by atoms with E-state index in [0.29, 0.717) is 17.5 Å². The van der Waals surface area contributed by atoms with Crippen LogP contribution in [0.5, 0.6) is 5.88 Å². The summed E-state index contributed by atoms with van der Waals surface area (Å²) in [6, 6.07) is 3.52. The van der Waals surface area contributed by atoms with Crippen LogP contribution in [0.2, 0.25) is 5.02 Å². The topological polar surface area (TPSA) is 22.1 Å². The number of ether oxygens (including phenoxy) is 1. The molecule has 2 nitrogen and oxygen atoms in total. The molecule has 0 unspecified atom stereocenters. The molecule has 0 N–H and O–H groups in total. The predicted molar refractivity (Wildman–Crippen MR) is 54.2 cm³/mol. The highest BCUT2D eigenvalue weighted by Gasteiger charge is 1.93. The van der Waals surface area contributed by atoms with Crippen LogP contribution in [0.4, 0.5) is 0 Å². The van der Waals surface area contributed by atoms with E-state index in [4.69, 9.17) is 16.3 Å². The van der Waals surface area contributed by atoms with Crippen LogP contribution in [0.3, 0.4) is 0 Å². The van der Waals surface area contributed by atoms with Gasteiger partial charge in [0.05, 0.1) is 11.6 Å². The van der Waals surface area contributed by atoms with Gasteiger partial charge in [0.2, 0.25) is 5.88 Å². The molecule has 0 fully saturated rings. The Morgan fingerprint density at radius 3 is 3.00 bits per heavy atom. The molecule has 0 saturated heterocycles. The highest BCUT2D eigenvalue weighted by molar-refractivity contribution is 6.30. The van der Waals surface area contributed by atoms with E-state index in [2.05, 4.69) is 11.6 Å². The summed E-state index contributed by atoms with van der Waals surface area (Å²) in [6.07, 6.45) is 5.38. The molecule has 0 aliphatic heterocycles. The van der Waals surface area contributed by atoms with Crippen LogP contribution in [0, 0.1) is 0 Å². The molecule has 70 valence electrons. The van der Waals surface area contributed by atoms with Gasteiger partial charge in [0, 0.05) is 12.3 Å². The number of rotatable bonds is 5. The summed E-state index contributed by atoms with van der Waals surface area (Å²) in [5, 5.41) is 0.624. The van der Waals surface area contributed by atoms with E-state index in [0.717, 1.165) is 12.8 Å². The van der Waals surface area contributed by atoms with Crippen molar-refractivity contribution in [2.45, 2.75) is 12.8 Å². The molecule has 0 bridgehead atoms. The van der Waals surface area contributed by atoms with Crippen molar-refractivity contribution in [3.63, 3.8) is 0 Å². The van der Waals surface area contributed by atoms with E-state index in [1.165, 1.54) is 0 Å². The summed E-state index contributed by atoms with van der Waals surface area (Å²) in [5.74, 6) is 0.619. The monoisotopic (exact) mass is 197 g/mol. The van der Waals surface area contributed by atoms with Crippen LogP contribution in [-0.2, 0) is 0 Å². The van der Waals surface area contributed by atoms with Crippen molar-refractivity contribution in [2.24, 2.45) is 0 Å². The maximum Gasteiger partial charge on any atom is 0.213 e. The van der Waals surface area contributed by atoms with Gasteiger partial charge in [-0.05, 0) is 18.9 Å². The van der Waals surface area contributed by atoms with Gasteiger partial charge >= 0.3 is 0 Å². The quantitative estimate of drug-likeness (QED) is 0.535. The van der Waals surface area contributed by atoms with E-state index < -0.39 is 0 Å². The SMILES string of the molecule is C=CCCCOc1ccc(Cl)cn1. The molecule has 3 heteroatoms. The second kappa shape index (κ2) is 5.60. The average Bonchev–Trinajstić information content (AvgIpc) is 2.15. The third-order valence-electron chi connectivity index (χ3n) is 1.50. The molecule has 0 aliphatic rings. The number of nitrogens with zero attached hydrogens (tertiary/aromatic N) is 1. The van der Waals surface area contributed by atoms with Crippen LogP contribution >= 0.6 is 11.6 Å². The first-order chi connectivity index (χ1) is 6.33. The van der Waals surface area contributed by atoms with Crippen LogP contribution in [0.15, 0.2) is 31.0 Å². The number of hydrogen-bond donors (Lipinski definition) is 0. The lowest BCUT2D eigenvalue weighted by molar-refractivity contribution is 0.300. The Kier molecular flexibility index (Phi) is 4.33. The van der Waals surface area contributed by atoms with E-state index in [1.807, 2.05) is 6.08 Å². The van der Waals surface area contributed by atoms with Gasteiger partial charge in [0.15, 0.2) is 0 Å². The second-order valence-corrected chi connectivity index (χ2v) is 3.03. The lowest BCUT2D eigenvalue weighted by atomic mass is 10.3.